The van der Waals surface area contributed by atoms with Crippen LogP contribution in [0.4, 0.5) is 5.69 Å². The number of ether oxygens (including phenoxy) is 1. The van der Waals surface area contributed by atoms with E-state index in [4.69, 9.17) is 20.8 Å². The van der Waals surface area contributed by atoms with Gasteiger partial charge in [-0.05, 0) is 61.0 Å². The molecule has 0 fully saturated rings. The van der Waals surface area contributed by atoms with Crippen molar-refractivity contribution in [3.8, 4) is 11.8 Å². The summed E-state index contributed by atoms with van der Waals surface area (Å²) in [6.45, 7) is 1.88. The Kier molecular flexibility index (Phi) is 9.07. The maximum atomic E-state index is 13.6. The third-order valence-corrected chi connectivity index (χ3v) is 7.98. The first-order chi connectivity index (χ1) is 19.2. The summed E-state index contributed by atoms with van der Waals surface area (Å²) in [4.78, 5) is 12.8. The van der Waals surface area contributed by atoms with Gasteiger partial charge in [0.2, 0.25) is 10.0 Å². The van der Waals surface area contributed by atoms with Crippen molar-refractivity contribution >= 4 is 39.3 Å². The van der Waals surface area contributed by atoms with E-state index in [2.05, 4.69) is 5.32 Å². The van der Waals surface area contributed by atoms with Gasteiger partial charge in [0, 0.05) is 29.4 Å². The van der Waals surface area contributed by atoms with Crippen molar-refractivity contribution in [2.75, 3.05) is 12.4 Å². The lowest BCUT2D eigenvalue weighted by atomic mass is 10.2. The Morgan fingerprint density at radius 3 is 2.45 bits per heavy atom. The first-order valence-corrected chi connectivity index (χ1v) is 14.0. The lowest BCUT2D eigenvalue weighted by Gasteiger charge is -2.21. The van der Waals surface area contributed by atoms with Crippen LogP contribution in [0.15, 0.2) is 99.8 Å². The standard InChI is InChI=1S/C30H26ClN3O5S/c1-21-6-14-29(15-7-21)40(36,37)34(19-22-8-10-24(31)11-9-22)20-28-13-12-27(39-28)16-23(18-32)30(35)33-25-4-3-5-26(17-25)38-2/h3-17H,19-20H2,1-2H3,(H,33,35)/b23-16-. The highest BCUT2D eigenvalue weighted by molar-refractivity contribution is 7.89. The van der Waals surface area contributed by atoms with Gasteiger partial charge in [-0.3, -0.25) is 4.79 Å². The number of sulfonamides is 1. The lowest BCUT2D eigenvalue weighted by Crippen LogP contribution is -2.30. The molecule has 0 aliphatic carbocycles. The largest absolute Gasteiger partial charge is 0.497 e. The number of anilines is 1. The molecule has 3 aromatic carbocycles. The Morgan fingerprint density at radius 1 is 1.05 bits per heavy atom. The molecule has 0 spiro atoms. The van der Waals surface area contributed by atoms with Gasteiger partial charge < -0.3 is 14.5 Å². The first-order valence-electron chi connectivity index (χ1n) is 12.1. The number of furan rings is 1. The third kappa shape index (κ3) is 7.18. The zero-order chi connectivity index (χ0) is 28.7. The quantitative estimate of drug-likeness (QED) is 0.178. The SMILES string of the molecule is COc1cccc(NC(=O)/C(C#N)=C\c2ccc(CN(Cc3ccc(Cl)cc3)S(=O)(=O)c3ccc(C)cc3)o2)c1. The van der Waals surface area contributed by atoms with E-state index in [0.29, 0.717) is 22.2 Å². The minimum Gasteiger partial charge on any atom is -0.497 e. The molecule has 4 aromatic rings. The minimum atomic E-state index is -3.90. The summed E-state index contributed by atoms with van der Waals surface area (Å²) in [7, 11) is -2.39. The zero-order valence-electron chi connectivity index (χ0n) is 21.8. The maximum Gasteiger partial charge on any atom is 0.266 e. The third-order valence-electron chi connectivity index (χ3n) is 5.92. The fourth-order valence-corrected chi connectivity index (χ4v) is 5.32. The molecule has 10 heteroatoms. The van der Waals surface area contributed by atoms with E-state index >= 15 is 0 Å². The van der Waals surface area contributed by atoms with Gasteiger partial charge in [-0.15, -0.1) is 0 Å². The van der Waals surface area contributed by atoms with Gasteiger partial charge in [-0.1, -0.05) is 47.5 Å². The van der Waals surface area contributed by atoms with Crippen LogP contribution in [0.25, 0.3) is 6.08 Å². The Hall–Kier alpha value is -4.36. The molecule has 0 unspecified atom stereocenters. The number of benzene rings is 3. The molecule has 0 atom stereocenters. The molecule has 0 bridgehead atoms. The Balaban J connectivity index is 1.57. The van der Waals surface area contributed by atoms with Crippen LogP contribution in [0.2, 0.25) is 5.02 Å². The minimum absolute atomic E-state index is 0.0750. The average Bonchev–Trinajstić information content (AvgIpc) is 3.39. The molecule has 1 heterocycles. The molecule has 1 N–H and O–H groups in total. The number of rotatable bonds is 10. The number of hydrogen-bond acceptors (Lipinski definition) is 6. The van der Waals surface area contributed by atoms with Crippen molar-refractivity contribution in [3.63, 3.8) is 0 Å². The molecule has 204 valence electrons. The molecule has 0 aliphatic heterocycles. The molecular weight excluding hydrogens is 550 g/mol. The second-order valence-electron chi connectivity index (χ2n) is 8.87. The van der Waals surface area contributed by atoms with Crippen LogP contribution in [-0.4, -0.2) is 25.7 Å². The molecular formula is C30H26ClN3O5S. The van der Waals surface area contributed by atoms with E-state index < -0.39 is 15.9 Å². The molecule has 1 aromatic heterocycles. The number of methoxy groups -OCH3 is 1. The molecule has 0 aliphatic rings. The summed E-state index contributed by atoms with van der Waals surface area (Å²) >= 11 is 6.01. The number of nitrogens with zero attached hydrogens (tertiary/aromatic N) is 2. The highest BCUT2D eigenvalue weighted by Crippen LogP contribution is 2.24. The molecule has 8 nitrogen and oxygen atoms in total. The van der Waals surface area contributed by atoms with Crippen molar-refractivity contribution < 1.29 is 22.4 Å². The summed E-state index contributed by atoms with van der Waals surface area (Å²) < 4.78 is 39.5. The zero-order valence-corrected chi connectivity index (χ0v) is 23.4. The van der Waals surface area contributed by atoms with Crippen molar-refractivity contribution in [3.05, 3.63) is 118 Å². The number of carbonyl (C=O) groups is 1. The van der Waals surface area contributed by atoms with E-state index in [-0.39, 0.29) is 29.3 Å². The first kappa shape index (κ1) is 28.6. The topological polar surface area (TPSA) is 113 Å². The normalized spacial score (nSPS) is 11.7. The second kappa shape index (κ2) is 12.7. The van der Waals surface area contributed by atoms with Gasteiger partial charge in [0.15, 0.2) is 0 Å². The second-order valence-corrected chi connectivity index (χ2v) is 11.2. The smallest absolute Gasteiger partial charge is 0.266 e. The van der Waals surface area contributed by atoms with Crippen LogP contribution in [0.3, 0.4) is 0 Å². The van der Waals surface area contributed by atoms with Crippen LogP contribution in [0, 0.1) is 18.3 Å². The number of nitrogens with one attached hydrogen (secondary N) is 1. The van der Waals surface area contributed by atoms with Gasteiger partial charge in [0.1, 0.15) is 28.9 Å². The monoisotopic (exact) mass is 575 g/mol. The number of nitriles is 1. The summed E-state index contributed by atoms with van der Waals surface area (Å²) in [5, 5.41) is 12.8. The number of aryl methyl sites for hydroxylation is 1. The van der Waals surface area contributed by atoms with Gasteiger partial charge in [0.25, 0.3) is 5.91 Å². The van der Waals surface area contributed by atoms with E-state index in [1.165, 1.54) is 17.5 Å². The summed E-state index contributed by atoms with van der Waals surface area (Å²) in [5.74, 6) is 0.493. The van der Waals surface area contributed by atoms with Crippen molar-refractivity contribution in [2.45, 2.75) is 24.9 Å². The van der Waals surface area contributed by atoms with Crippen molar-refractivity contribution in [1.82, 2.24) is 4.31 Å². The van der Waals surface area contributed by atoms with Crippen LogP contribution < -0.4 is 10.1 Å². The number of hydrogen-bond donors (Lipinski definition) is 1. The Bertz CT molecular complexity index is 1670. The Morgan fingerprint density at radius 2 is 1.77 bits per heavy atom. The fourth-order valence-electron chi connectivity index (χ4n) is 3.80. The predicted molar refractivity (Wildman–Crippen MR) is 153 cm³/mol. The van der Waals surface area contributed by atoms with Gasteiger partial charge in [0.05, 0.1) is 18.6 Å². The fraction of sp³-hybridized carbons (Fsp3) is 0.133. The average molecular weight is 576 g/mol. The van der Waals surface area contributed by atoms with Crippen LogP contribution in [-0.2, 0) is 27.9 Å². The number of halogens is 1. The van der Waals surface area contributed by atoms with E-state index in [1.807, 2.05) is 13.0 Å². The molecule has 0 saturated heterocycles. The maximum absolute atomic E-state index is 13.6. The van der Waals surface area contributed by atoms with Crippen LogP contribution >= 0.6 is 11.6 Å². The van der Waals surface area contributed by atoms with E-state index in [9.17, 15) is 18.5 Å². The summed E-state index contributed by atoms with van der Waals surface area (Å²) in [5.41, 5.74) is 1.96. The molecule has 0 saturated carbocycles. The highest BCUT2D eigenvalue weighted by Gasteiger charge is 2.26. The highest BCUT2D eigenvalue weighted by atomic mass is 35.5. The van der Waals surface area contributed by atoms with Crippen molar-refractivity contribution in [1.29, 1.82) is 5.26 Å². The van der Waals surface area contributed by atoms with Gasteiger partial charge in [-0.25, -0.2) is 8.42 Å². The number of amides is 1. The predicted octanol–water partition coefficient (Wildman–Crippen LogP) is 6.19. The van der Waals surface area contributed by atoms with Gasteiger partial charge >= 0.3 is 0 Å². The lowest BCUT2D eigenvalue weighted by molar-refractivity contribution is -0.112. The molecule has 4 rings (SSSR count). The molecule has 40 heavy (non-hydrogen) atoms. The molecule has 0 radical (unpaired) electrons. The van der Waals surface area contributed by atoms with Crippen LogP contribution in [0.5, 0.6) is 5.75 Å². The van der Waals surface area contributed by atoms with Crippen LogP contribution in [0.1, 0.15) is 22.6 Å². The van der Waals surface area contributed by atoms with E-state index in [1.54, 1.807) is 84.9 Å². The number of carbonyl (C=O) groups excluding carboxylic acids is 1. The summed E-state index contributed by atoms with van der Waals surface area (Å²) in [6, 6.07) is 25.3. The Labute approximate surface area is 238 Å². The van der Waals surface area contributed by atoms with Gasteiger partial charge in [-0.2, -0.15) is 9.57 Å². The van der Waals surface area contributed by atoms with E-state index in [0.717, 1.165) is 11.1 Å². The molecule has 1 amide bonds. The summed E-state index contributed by atoms with van der Waals surface area (Å²) in [6.07, 6.45) is 1.30. The van der Waals surface area contributed by atoms with Crippen molar-refractivity contribution in [2.24, 2.45) is 0 Å².